The van der Waals surface area contributed by atoms with E-state index < -0.39 is 5.60 Å². The van der Waals surface area contributed by atoms with Gasteiger partial charge in [0.25, 0.3) is 5.91 Å². The van der Waals surface area contributed by atoms with Gasteiger partial charge in [-0.25, -0.2) is 14.8 Å². The Morgan fingerprint density at radius 1 is 1.16 bits per heavy atom. The van der Waals surface area contributed by atoms with Crippen molar-refractivity contribution in [2.75, 3.05) is 37.6 Å². The number of hydrogen-bond donors (Lipinski definition) is 1. The molecule has 31 heavy (non-hydrogen) atoms. The molecular formula is C22H28ClN5O3. The number of nitrogens with zero attached hydrogens (tertiary/aromatic N) is 4. The smallest absolute Gasteiger partial charge is 0.410 e. The Morgan fingerprint density at radius 3 is 2.48 bits per heavy atom. The van der Waals surface area contributed by atoms with E-state index in [2.05, 4.69) is 15.2 Å². The quantitative estimate of drug-likeness (QED) is 0.723. The maximum Gasteiger partial charge on any atom is 0.410 e. The summed E-state index contributed by atoms with van der Waals surface area (Å²) in [5.41, 5.74) is 1.40. The molecule has 3 rings (SSSR count). The van der Waals surface area contributed by atoms with E-state index in [1.54, 1.807) is 35.4 Å². The lowest BCUT2D eigenvalue weighted by Crippen LogP contribution is -2.50. The number of carbonyl (C=O) groups is 2. The Morgan fingerprint density at radius 2 is 1.87 bits per heavy atom. The lowest BCUT2D eigenvalue weighted by Gasteiger charge is -2.36. The van der Waals surface area contributed by atoms with Gasteiger partial charge in [0, 0.05) is 50.0 Å². The molecule has 0 spiro atoms. The lowest BCUT2D eigenvalue weighted by atomic mass is 10.1. The molecule has 1 aliphatic rings. The van der Waals surface area contributed by atoms with Crippen molar-refractivity contribution < 1.29 is 14.3 Å². The standard InChI is InChI=1S/C22H28ClN5O3/c1-5-24-20(29)16-12-17(15-6-7-25-18(23)13-15)26-19(14-16)27-8-10-28(11-9-27)21(30)31-22(2,3)4/h6-7,12-14H,5,8-11H2,1-4H3,(H,24,29). The summed E-state index contributed by atoms with van der Waals surface area (Å²) in [5.74, 6) is 0.510. The van der Waals surface area contributed by atoms with Crippen molar-refractivity contribution in [3.05, 3.63) is 41.2 Å². The molecule has 1 saturated heterocycles. The van der Waals surface area contributed by atoms with Crippen molar-refractivity contribution in [2.45, 2.75) is 33.3 Å². The first kappa shape index (κ1) is 22.8. The Hall–Kier alpha value is -2.87. The third kappa shape index (κ3) is 6.07. The van der Waals surface area contributed by atoms with Gasteiger partial charge in [0.05, 0.1) is 5.69 Å². The van der Waals surface area contributed by atoms with Crippen molar-refractivity contribution in [2.24, 2.45) is 0 Å². The largest absolute Gasteiger partial charge is 0.444 e. The van der Waals surface area contributed by atoms with Crippen LogP contribution in [0.25, 0.3) is 11.3 Å². The minimum atomic E-state index is -0.530. The van der Waals surface area contributed by atoms with E-state index in [0.29, 0.717) is 55.0 Å². The van der Waals surface area contributed by atoms with E-state index in [1.165, 1.54) is 0 Å². The van der Waals surface area contributed by atoms with Crippen molar-refractivity contribution in [1.82, 2.24) is 20.2 Å². The van der Waals surface area contributed by atoms with Crippen molar-refractivity contribution in [1.29, 1.82) is 0 Å². The number of pyridine rings is 2. The minimum absolute atomic E-state index is 0.167. The van der Waals surface area contributed by atoms with Crippen LogP contribution in [-0.4, -0.2) is 65.2 Å². The summed E-state index contributed by atoms with van der Waals surface area (Å²) >= 11 is 6.05. The SMILES string of the molecule is CCNC(=O)c1cc(-c2ccnc(Cl)c2)nc(N2CCN(C(=O)OC(C)(C)C)CC2)c1. The molecule has 8 nitrogen and oxygen atoms in total. The molecule has 3 heterocycles. The van der Waals surface area contributed by atoms with Gasteiger partial charge in [-0.05, 0) is 52.0 Å². The van der Waals surface area contributed by atoms with Crippen LogP contribution in [-0.2, 0) is 4.74 Å². The van der Waals surface area contributed by atoms with Gasteiger partial charge in [-0.2, -0.15) is 0 Å². The van der Waals surface area contributed by atoms with E-state index in [1.807, 2.05) is 27.7 Å². The summed E-state index contributed by atoms with van der Waals surface area (Å²) < 4.78 is 5.47. The molecule has 1 N–H and O–H groups in total. The molecule has 0 unspecified atom stereocenters. The highest BCUT2D eigenvalue weighted by atomic mass is 35.5. The summed E-state index contributed by atoms with van der Waals surface area (Å²) in [6.07, 6.45) is 1.29. The zero-order chi connectivity index (χ0) is 22.6. The van der Waals surface area contributed by atoms with Gasteiger partial charge in [0.2, 0.25) is 0 Å². The first-order valence-corrected chi connectivity index (χ1v) is 10.7. The van der Waals surface area contributed by atoms with Crippen LogP contribution in [0.1, 0.15) is 38.1 Å². The second-order valence-electron chi connectivity index (χ2n) is 8.28. The molecule has 0 saturated carbocycles. The molecule has 2 aromatic rings. The van der Waals surface area contributed by atoms with Crippen LogP contribution in [0.2, 0.25) is 5.15 Å². The van der Waals surface area contributed by atoms with E-state index in [4.69, 9.17) is 21.3 Å². The fraction of sp³-hybridized carbons (Fsp3) is 0.455. The highest BCUT2D eigenvalue weighted by molar-refractivity contribution is 6.29. The third-order valence-electron chi connectivity index (χ3n) is 4.69. The van der Waals surface area contributed by atoms with Crippen LogP contribution >= 0.6 is 11.6 Å². The van der Waals surface area contributed by atoms with Crippen LogP contribution < -0.4 is 10.2 Å². The van der Waals surface area contributed by atoms with Crippen LogP contribution in [0.15, 0.2) is 30.5 Å². The van der Waals surface area contributed by atoms with Crippen molar-refractivity contribution in [3.63, 3.8) is 0 Å². The van der Waals surface area contributed by atoms with Crippen molar-refractivity contribution in [3.8, 4) is 11.3 Å². The molecule has 9 heteroatoms. The Bertz CT molecular complexity index is 952. The Balaban J connectivity index is 1.84. The fourth-order valence-electron chi connectivity index (χ4n) is 3.23. The Labute approximate surface area is 187 Å². The van der Waals surface area contributed by atoms with Crippen LogP contribution in [0.5, 0.6) is 0 Å². The summed E-state index contributed by atoms with van der Waals surface area (Å²) in [6.45, 7) is 10.2. The van der Waals surface area contributed by atoms with Crippen LogP contribution in [0.4, 0.5) is 10.6 Å². The first-order valence-electron chi connectivity index (χ1n) is 10.3. The summed E-state index contributed by atoms with van der Waals surface area (Å²) in [7, 11) is 0. The predicted octanol–water partition coefficient (Wildman–Crippen LogP) is 3.60. The maximum absolute atomic E-state index is 12.5. The average Bonchev–Trinajstić information content (AvgIpc) is 2.72. The van der Waals surface area contributed by atoms with Gasteiger partial charge in [0.1, 0.15) is 16.6 Å². The monoisotopic (exact) mass is 445 g/mol. The number of hydrogen-bond acceptors (Lipinski definition) is 6. The number of amides is 2. The number of carbonyl (C=O) groups excluding carboxylic acids is 2. The fourth-order valence-corrected chi connectivity index (χ4v) is 3.40. The Kier molecular flexibility index (Phi) is 7.00. The summed E-state index contributed by atoms with van der Waals surface area (Å²) in [6, 6.07) is 7.05. The zero-order valence-corrected chi connectivity index (χ0v) is 19.1. The number of aromatic nitrogens is 2. The summed E-state index contributed by atoms with van der Waals surface area (Å²) in [5, 5.41) is 3.19. The van der Waals surface area contributed by atoms with Crippen molar-refractivity contribution >= 4 is 29.4 Å². The molecule has 0 bridgehead atoms. The molecule has 2 amide bonds. The van der Waals surface area contributed by atoms with E-state index in [9.17, 15) is 9.59 Å². The van der Waals surface area contributed by atoms with Gasteiger partial charge in [0.15, 0.2) is 0 Å². The number of nitrogens with one attached hydrogen (secondary N) is 1. The zero-order valence-electron chi connectivity index (χ0n) is 18.3. The lowest BCUT2D eigenvalue weighted by molar-refractivity contribution is 0.0240. The topological polar surface area (TPSA) is 87.7 Å². The summed E-state index contributed by atoms with van der Waals surface area (Å²) in [4.78, 5) is 37.4. The van der Waals surface area contributed by atoms with E-state index in [0.717, 1.165) is 5.56 Å². The maximum atomic E-state index is 12.5. The van der Waals surface area contributed by atoms with E-state index in [-0.39, 0.29) is 12.0 Å². The molecule has 0 aliphatic carbocycles. The van der Waals surface area contributed by atoms with Gasteiger partial charge < -0.3 is 19.9 Å². The third-order valence-corrected chi connectivity index (χ3v) is 4.90. The number of ether oxygens (including phenoxy) is 1. The van der Waals surface area contributed by atoms with Crippen LogP contribution in [0.3, 0.4) is 0 Å². The van der Waals surface area contributed by atoms with Gasteiger partial charge >= 0.3 is 6.09 Å². The first-order chi connectivity index (χ1) is 14.7. The molecule has 1 fully saturated rings. The van der Waals surface area contributed by atoms with Gasteiger partial charge in [-0.3, -0.25) is 4.79 Å². The number of halogens is 1. The molecular weight excluding hydrogens is 418 g/mol. The second-order valence-corrected chi connectivity index (χ2v) is 8.67. The van der Waals surface area contributed by atoms with Gasteiger partial charge in [-0.15, -0.1) is 0 Å². The highest BCUT2D eigenvalue weighted by Crippen LogP contribution is 2.25. The normalized spacial score (nSPS) is 14.4. The number of rotatable bonds is 4. The predicted molar refractivity (Wildman–Crippen MR) is 121 cm³/mol. The van der Waals surface area contributed by atoms with Crippen LogP contribution in [0, 0.1) is 0 Å². The molecule has 2 aromatic heterocycles. The van der Waals surface area contributed by atoms with E-state index >= 15 is 0 Å². The molecule has 0 atom stereocenters. The highest BCUT2D eigenvalue weighted by Gasteiger charge is 2.27. The number of anilines is 1. The molecule has 0 radical (unpaired) electrons. The molecule has 166 valence electrons. The minimum Gasteiger partial charge on any atom is -0.444 e. The van der Waals surface area contributed by atoms with Gasteiger partial charge in [-0.1, -0.05) is 11.6 Å². The average molecular weight is 446 g/mol. The molecule has 1 aliphatic heterocycles. The number of piperazine rings is 1. The second kappa shape index (κ2) is 9.51. The molecule has 0 aromatic carbocycles.